The third-order valence-electron chi connectivity index (χ3n) is 3.62. The van der Waals surface area contributed by atoms with Crippen molar-refractivity contribution in [3.63, 3.8) is 0 Å². The minimum Gasteiger partial charge on any atom is -0.373 e. The Kier molecular flexibility index (Phi) is 12.8. The first-order valence-electron chi connectivity index (χ1n) is 8.22. The van der Waals surface area contributed by atoms with E-state index >= 15 is 0 Å². The molecule has 0 spiro atoms. The predicted molar refractivity (Wildman–Crippen MR) is 93.2 cm³/mol. The third kappa shape index (κ3) is 13.8. The summed E-state index contributed by atoms with van der Waals surface area (Å²) in [6.45, 7) is 2.03. The van der Waals surface area contributed by atoms with E-state index in [1.54, 1.807) is 0 Å². The van der Waals surface area contributed by atoms with Crippen LogP contribution in [-0.2, 0) is 9.47 Å². The van der Waals surface area contributed by atoms with Crippen molar-refractivity contribution in [3.05, 3.63) is 0 Å². The maximum Gasteiger partial charge on any atom is 0.0810 e. The summed E-state index contributed by atoms with van der Waals surface area (Å²) in [6.07, 6.45) is 14.7. The van der Waals surface area contributed by atoms with Gasteiger partial charge in [0.2, 0.25) is 0 Å². The molecule has 0 saturated carbocycles. The van der Waals surface area contributed by atoms with Crippen molar-refractivity contribution in [2.24, 2.45) is 0 Å². The molecule has 0 N–H and O–H groups in total. The molecule has 2 heterocycles. The van der Waals surface area contributed by atoms with Gasteiger partial charge in [-0.1, -0.05) is 70.4 Å². The third-order valence-corrected chi connectivity index (χ3v) is 4.75. The van der Waals surface area contributed by atoms with Gasteiger partial charge in [-0.3, -0.25) is 0 Å². The minimum atomic E-state index is 0.625. The second-order valence-electron chi connectivity index (χ2n) is 5.69. The molecule has 2 rings (SSSR count). The Balaban J connectivity index is 0.000000200. The Bertz CT molecular complexity index is 185. The molecule has 120 valence electrons. The maximum absolute atomic E-state index is 5.10. The van der Waals surface area contributed by atoms with Crippen LogP contribution in [0.4, 0.5) is 0 Å². The Hall–Kier alpha value is 0.880. The molecule has 0 bridgehead atoms. The highest BCUT2D eigenvalue weighted by Gasteiger charge is 2.23. The molecule has 0 aliphatic carbocycles. The predicted octanol–water partition coefficient (Wildman–Crippen LogP) is 5.46. The second-order valence-corrected chi connectivity index (χ2v) is 7.28. The Labute approximate surface area is 141 Å². The molecule has 2 saturated heterocycles. The molecule has 2 nitrogen and oxygen atoms in total. The van der Waals surface area contributed by atoms with Crippen LogP contribution in [0.15, 0.2) is 0 Å². The zero-order chi connectivity index (χ0) is 14.5. The number of halogens is 2. The molecule has 2 unspecified atom stereocenters. The lowest BCUT2D eigenvalue weighted by Gasteiger charge is -1.96. The van der Waals surface area contributed by atoms with Crippen molar-refractivity contribution in [2.45, 2.75) is 76.4 Å². The van der Waals surface area contributed by atoms with Crippen molar-refractivity contribution in [3.8, 4) is 0 Å². The van der Waals surface area contributed by atoms with Gasteiger partial charge in [-0.25, -0.2) is 0 Å². The number of epoxide rings is 2. The van der Waals surface area contributed by atoms with E-state index in [1.165, 1.54) is 74.9 Å². The lowest BCUT2D eigenvalue weighted by atomic mass is 10.1. The van der Waals surface area contributed by atoms with Crippen molar-refractivity contribution in [1.82, 2.24) is 0 Å². The molecule has 0 aromatic heterocycles. The topological polar surface area (TPSA) is 25.1 Å². The van der Waals surface area contributed by atoms with E-state index in [9.17, 15) is 0 Å². The Morgan fingerprint density at radius 1 is 0.600 bits per heavy atom. The quantitative estimate of drug-likeness (QED) is 0.241. The van der Waals surface area contributed by atoms with Crippen LogP contribution in [-0.4, -0.2) is 36.1 Å². The second kappa shape index (κ2) is 13.5. The van der Waals surface area contributed by atoms with E-state index in [2.05, 4.69) is 31.9 Å². The number of hydrogen-bond donors (Lipinski definition) is 0. The van der Waals surface area contributed by atoms with Crippen LogP contribution in [0.3, 0.4) is 0 Å². The summed E-state index contributed by atoms with van der Waals surface area (Å²) in [5.74, 6) is 0. The first-order chi connectivity index (χ1) is 9.86. The fourth-order valence-corrected chi connectivity index (χ4v) is 2.90. The Morgan fingerprint density at radius 3 is 1.25 bits per heavy atom. The summed E-state index contributed by atoms with van der Waals surface area (Å²) in [7, 11) is 0. The van der Waals surface area contributed by atoms with Crippen LogP contribution >= 0.6 is 31.9 Å². The van der Waals surface area contributed by atoms with Crippen molar-refractivity contribution in [2.75, 3.05) is 23.9 Å². The van der Waals surface area contributed by atoms with Crippen LogP contribution in [0.25, 0.3) is 0 Å². The first kappa shape index (κ1) is 18.9. The average Bonchev–Trinajstić information content (AvgIpc) is 3.34. The van der Waals surface area contributed by atoms with Gasteiger partial charge in [0.25, 0.3) is 0 Å². The van der Waals surface area contributed by atoms with Gasteiger partial charge in [0.15, 0.2) is 0 Å². The zero-order valence-electron chi connectivity index (χ0n) is 12.6. The minimum absolute atomic E-state index is 0.625. The fraction of sp³-hybridized carbons (Fsp3) is 1.00. The monoisotopic (exact) mass is 412 g/mol. The normalized spacial score (nSPS) is 23.1. The summed E-state index contributed by atoms with van der Waals surface area (Å²) < 4.78 is 10.2. The number of unbranched alkanes of at least 4 members (excludes halogenated alkanes) is 6. The molecule has 20 heavy (non-hydrogen) atoms. The van der Waals surface area contributed by atoms with Crippen LogP contribution in [0.1, 0.15) is 64.2 Å². The average molecular weight is 414 g/mol. The number of rotatable bonds is 12. The molecule has 2 atom stereocenters. The van der Waals surface area contributed by atoms with Gasteiger partial charge in [0.1, 0.15) is 0 Å². The van der Waals surface area contributed by atoms with E-state index in [0.29, 0.717) is 12.2 Å². The van der Waals surface area contributed by atoms with E-state index < -0.39 is 0 Å². The summed E-state index contributed by atoms with van der Waals surface area (Å²) in [5, 5.41) is 2.34. The van der Waals surface area contributed by atoms with Gasteiger partial charge < -0.3 is 9.47 Å². The van der Waals surface area contributed by atoms with Gasteiger partial charge in [-0.2, -0.15) is 0 Å². The van der Waals surface area contributed by atoms with E-state index in [-0.39, 0.29) is 0 Å². The molecule has 0 aromatic carbocycles. The highest BCUT2D eigenvalue weighted by atomic mass is 79.9. The molecule has 2 aliphatic rings. The number of hydrogen-bond acceptors (Lipinski definition) is 2. The maximum atomic E-state index is 5.10. The van der Waals surface area contributed by atoms with Crippen LogP contribution in [0.5, 0.6) is 0 Å². The SMILES string of the molecule is BrCCCCCCCCBr.C(CCC1CO1)CC1CO1. The highest BCUT2D eigenvalue weighted by Crippen LogP contribution is 2.21. The smallest absolute Gasteiger partial charge is 0.0810 e. The van der Waals surface area contributed by atoms with Gasteiger partial charge in [-0.15, -0.1) is 0 Å². The van der Waals surface area contributed by atoms with Crippen LogP contribution in [0, 0.1) is 0 Å². The number of alkyl halides is 2. The van der Waals surface area contributed by atoms with E-state index in [4.69, 9.17) is 9.47 Å². The van der Waals surface area contributed by atoms with Crippen LogP contribution < -0.4 is 0 Å². The van der Waals surface area contributed by atoms with Gasteiger partial charge >= 0.3 is 0 Å². The Morgan fingerprint density at radius 2 is 0.950 bits per heavy atom. The van der Waals surface area contributed by atoms with Gasteiger partial charge in [-0.05, 0) is 25.7 Å². The largest absolute Gasteiger partial charge is 0.373 e. The van der Waals surface area contributed by atoms with Crippen molar-refractivity contribution >= 4 is 31.9 Å². The molecule has 2 aliphatic heterocycles. The highest BCUT2D eigenvalue weighted by molar-refractivity contribution is 9.09. The molecular formula is C16H30Br2O2. The molecule has 0 amide bonds. The first-order valence-corrected chi connectivity index (χ1v) is 10.5. The molecular weight excluding hydrogens is 384 g/mol. The summed E-state index contributed by atoms with van der Waals surface area (Å²) in [5.41, 5.74) is 0. The fourth-order valence-electron chi connectivity index (χ4n) is 2.11. The summed E-state index contributed by atoms with van der Waals surface area (Å²) in [6, 6.07) is 0. The molecule has 2 fully saturated rings. The summed E-state index contributed by atoms with van der Waals surface area (Å²) >= 11 is 6.85. The lowest BCUT2D eigenvalue weighted by molar-refractivity contribution is 0.370. The summed E-state index contributed by atoms with van der Waals surface area (Å²) in [4.78, 5) is 0. The van der Waals surface area contributed by atoms with Crippen LogP contribution in [0.2, 0.25) is 0 Å². The van der Waals surface area contributed by atoms with Crippen molar-refractivity contribution < 1.29 is 9.47 Å². The van der Waals surface area contributed by atoms with E-state index in [1.807, 2.05) is 0 Å². The van der Waals surface area contributed by atoms with Gasteiger partial charge in [0.05, 0.1) is 25.4 Å². The van der Waals surface area contributed by atoms with E-state index in [0.717, 1.165) is 13.2 Å². The number of ether oxygens (including phenoxy) is 2. The molecule has 0 radical (unpaired) electrons. The lowest BCUT2D eigenvalue weighted by Crippen LogP contribution is -1.88. The zero-order valence-corrected chi connectivity index (χ0v) is 15.8. The molecule has 0 aromatic rings. The van der Waals surface area contributed by atoms with Crippen molar-refractivity contribution in [1.29, 1.82) is 0 Å². The standard InChI is InChI=1S/C8H16Br2.C8H14O2/c9-7-5-3-1-2-4-6-8-10;1(3-7-5-9-7)2-4-8-6-10-8/h1-8H2;7-8H,1-6H2. The van der Waals surface area contributed by atoms with Gasteiger partial charge in [0, 0.05) is 10.7 Å². The molecule has 4 heteroatoms.